The lowest BCUT2D eigenvalue weighted by molar-refractivity contribution is 0.221. The van der Waals surface area contributed by atoms with Gasteiger partial charge in [0.15, 0.2) is 0 Å². The van der Waals surface area contributed by atoms with E-state index in [4.69, 9.17) is 0 Å². The number of unbranched alkanes of at least 4 members (excludes halogenated alkanes) is 1. The summed E-state index contributed by atoms with van der Waals surface area (Å²) in [5.41, 5.74) is 4.59. The van der Waals surface area contributed by atoms with E-state index in [-0.39, 0.29) is 35.3 Å². The lowest BCUT2D eigenvalue weighted by atomic mass is 9.70. The molecular weight excluding hydrogens is 504 g/mol. The normalized spacial score (nSPS) is 20.9. The molecule has 1 saturated carbocycles. The molecule has 1 aromatic heterocycles. The number of rotatable bonds is 10. The van der Waals surface area contributed by atoms with Gasteiger partial charge in [0.05, 0.1) is 23.3 Å². The maximum atomic E-state index is 14.3. The molecule has 2 atom stereocenters. The zero-order valence-electron chi connectivity index (χ0n) is 22.0. The minimum atomic E-state index is -3.47. The van der Waals surface area contributed by atoms with Crippen molar-refractivity contribution in [2.45, 2.75) is 52.4 Å². The van der Waals surface area contributed by atoms with Crippen LogP contribution in [0.4, 0.5) is 8.78 Å². The second kappa shape index (κ2) is 10.7. The molecule has 202 valence electrons. The number of benzene rings is 2. The molecule has 0 saturated heterocycles. The SMILES string of the molecule is CCCCS(=O)(=O)N(CCc1ccccc1F)C[C@H]1CCC2=Cc3c(cnn3-c3ccc(F)cc3)C[C@@]21C. The van der Waals surface area contributed by atoms with Gasteiger partial charge in [-0.3, -0.25) is 0 Å². The van der Waals surface area contributed by atoms with Crippen LogP contribution in [0.5, 0.6) is 0 Å². The highest BCUT2D eigenvalue weighted by molar-refractivity contribution is 7.89. The molecule has 8 heteroatoms. The fourth-order valence-corrected chi connectivity index (χ4v) is 7.69. The molecule has 2 aliphatic carbocycles. The van der Waals surface area contributed by atoms with Gasteiger partial charge in [0, 0.05) is 13.1 Å². The van der Waals surface area contributed by atoms with Crippen molar-refractivity contribution in [1.82, 2.24) is 14.1 Å². The monoisotopic (exact) mass is 539 g/mol. The van der Waals surface area contributed by atoms with Crippen LogP contribution >= 0.6 is 0 Å². The zero-order valence-corrected chi connectivity index (χ0v) is 22.9. The fraction of sp³-hybridized carbons (Fsp3) is 0.433. The summed E-state index contributed by atoms with van der Waals surface area (Å²) in [6, 6.07) is 12.9. The van der Waals surface area contributed by atoms with Crippen LogP contribution in [0.1, 0.15) is 56.4 Å². The highest BCUT2D eigenvalue weighted by Crippen LogP contribution is 2.53. The first-order valence-electron chi connectivity index (χ1n) is 13.5. The number of nitrogens with zero attached hydrogens (tertiary/aromatic N) is 3. The molecule has 5 nitrogen and oxygen atoms in total. The van der Waals surface area contributed by atoms with Crippen molar-refractivity contribution in [2.24, 2.45) is 11.3 Å². The summed E-state index contributed by atoms with van der Waals surface area (Å²) >= 11 is 0. The molecule has 0 unspecified atom stereocenters. The van der Waals surface area contributed by atoms with E-state index >= 15 is 0 Å². The van der Waals surface area contributed by atoms with Crippen molar-refractivity contribution in [2.75, 3.05) is 18.8 Å². The second-order valence-electron chi connectivity index (χ2n) is 10.8. The van der Waals surface area contributed by atoms with Gasteiger partial charge in [0.2, 0.25) is 10.0 Å². The van der Waals surface area contributed by atoms with E-state index in [2.05, 4.69) is 18.1 Å². The van der Waals surface area contributed by atoms with Crippen molar-refractivity contribution < 1.29 is 17.2 Å². The molecule has 38 heavy (non-hydrogen) atoms. The summed E-state index contributed by atoms with van der Waals surface area (Å²) < 4.78 is 58.1. The first-order chi connectivity index (χ1) is 18.2. The number of fused-ring (bicyclic) bond motifs is 2. The molecule has 1 heterocycles. The smallest absolute Gasteiger partial charge is 0.214 e. The Labute approximate surface area is 224 Å². The molecule has 3 aromatic rings. The van der Waals surface area contributed by atoms with Crippen LogP contribution in [0.2, 0.25) is 0 Å². The largest absolute Gasteiger partial charge is 0.233 e. The Kier molecular flexibility index (Phi) is 7.56. The number of sulfonamides is 1. The van der Waals surface area contributed by atoms with Gasteiger partial charge in [-0.2, -0.15) is 5.10 Å². The summed E-state index contributed by atoms with van der Waals surface area (Å²) in [6.07, 6.45) is 8.40. The van der Waals surface area contributed by atoms with Gasteiger partial charge in [-0.25, -0.2) is 26.2 Å². The maximum Gasteiger partial charge on any atom is 0.214 e. The summed E-state index contributed by atoms with van der Waals surface area (Å²) in [5.74, 6) is -0.322. The fourth-order valence-electron chi connectivity index (χ4n) is 6.01. The first-order valence-corrected chi connectivity index (χ1v) is 15.1. The predicted octanol–water partition coefficient (Wildman–Crippen LogP) is 6.18. The molecule has 0 amide bonds. The molecule has 0 spiro atoms. The summed E-state index contributed by atoms with van der Waals surface area (Å²) in [7, 11) is -3.47. The van der Waals surface area contributed by atoms with Gasteiger partial charge < -0.3 is 0 Å². The average molecular weight is 540 g/mol. The Morgan fingerprint density at radius 3 is 2.63 bits per heavy atom. The third kappa shape index (κ3) is 5.21. The standard InChI is InChI=1S/C30H35F2N3O2S/c1-3-4-17-38(36,37)34(16-15-22-7-5-6-8-28(22)32)21-25-10-9-24-18-29-23(19-30(24,25)2)20-33-35(29)27-13-11-26(31)12-14-27/h5-8,11-14,18,20,25H,3-4,9-10,15-17,19,21H2,1-2H3/t25-,30+/m1/s1. The molecule has 0 radical (unpaired) electrons. The minimum Gasteiger partial charge on any atom is -0.233 e. The lowest BCUT2D eigenvalue weighted by Crippen LogP contribution is -2.42. The number of allylic oxidation sites excluding steroid dienone is 1. The highest BCUT2D eigenvalue weighted by atomic mass is 32.2. The quantitative estimate of drug-likeness (QED) is 0.309. The van der Waals surface area contributed by atoms with Crippen LogP contribution in [0, 0.1) is 23.0 Å². The topological polar surface area (TPSA) is 55.2 Å². The Bertz CT molecular complexity index is 1430. The number of hydrogen-bond donors (Lipinski definition) is 0. The van der Waals surface area contributed by atoms with Gasteiger partial charge in [-0.15, -0.1) is 0 Å². The minimum absolute atomic E-state index is 0.113. The van der Waals surface area contributed by atoms with Gasteiger partial charge in [-0.05, 0) is 91.0 Å². The molecule has 0 bridgehead atoms. The van der Waals surface area contributed by atoms with Crippen LogP contribution in [0.25, 0.3) is 11.8 Å². The maximum absolute atomic E-state index is 14.3. The van der Waals surface area contributed by atoms with Gasteiger partial charge in [0.25, 0.3) is 0 Å². The van der Waals surface area contributed by atoms with E-state index in [0.29, 0.717) is 24.9 Å². The lowest BCUT2D eigenvalue weighted by Gasteiger charge is -2.38. The summed E-state index contributed by atoms with van der Waals surface area (Å²) in [6.45, 7) is 4.92. The van der Waals surface area contributed by atoms with E-state index in [1.807, 2.05) is 17.8 Å². The van der Waals surface area contributed by atoms with Crippen LogP contribution in [-0.2, 0) is 22.9 Å². The van der Waals surface area contributed by atoms with Crippen molar-refractivity contribution >= 4 is 16.1 Å². The van der Waals surface area contributed by atoms with Crippen LogP contribution < -0.4 is 0 Å². The van der Waals surface area contributed by atoms with E-state index in [0.717, 1.165) is 42.6 Å². The molecule has 0 aliphatic heterocycles. The average Bonchev–Trinajstić information content (AvgIpc) is 3.44. The Balaban J connectivity index is 1.39. The summed E-state index contributed by atoms with van der Waals surface area (Å²) in [5, 5.41) is 4.59. The van der Waals surface area contributed by atoms with Crippen LogP contribution in [0.3, 0.4) is 0 Å². The first kappa shape index (κ1) is 26.8. The Morgan fingerprint density at radius 1 is 1.13 bits per heavy atom. The van der Waals surface area contributed by atoms with E-state index in [1.165, 1.54) is 23.8 Å². The van der Waals surface area contributed by atoms with Crippen molar-refractivity contribution in [1.29, 1.82) is 0 Å². The Morgan fingerprint density at radius 2 is 1.89 bits per heavy atom. The van der Waals surface area contributed by atoms with E-state index in [9.17, 15) is 17.2 Å². The molecule has 1 fully saturated rings. The number of halogens is 2. The van der Waals surface area contributed by atoms with E-state index < -0.39 is 10.0 Å². The van der Waals surface area contributed by atoms with Gasteiger partial charge in [0.1, 0.15) is 11.6 Å². The van der Waals surface area contributed by atoms with Crippen molar-refractivity contribution in [3.8, 4) is 5.69 Å². The molecule has 2 aromatic carbocycles. The molecule has 2 aliphatic rings. The van der Waals surface area contributed by atoms with Crippen molar-refractivity contribution in [3.05, 3.63) is 88.8 Å². The summed E-state index contributed by atoms with van der Waals surface area (Å²) in [4.78, 5) is 0. The van der Waals surface area contributed by atoms with Gasteiger partial charge >= 0.3 is 0 Å². The van der Waals surface area contributed by atoms with E-state index in [1.54, 1.807) is 34.6 Å². The third-order valence-electron chi connectivity index (χ3n) is 8.38. The number of hydrogen-bond acceptors (Lipinski definition) is 3. The molecular formula is C30H35F2N3O2S. The third-order valence-corrected chi connectivity index (χ3v) is 10.3. The highest BCUT2D eigenvalue weighted by Gasteiger charge is 2.46. The predicted molar refractivity (Wildman–Crippen MR) is 146 cm³/mol. The molecule has 0 N–H and O–H groups in total. The van der Waals surface area contributed by atoms with Gasteiger partial charge in [-0.1, -0.05) is 44.0 Å². The van der Waals surface area contributed by atoms with Crippen LogP contribution in [0.15, 0.2) is 60.3 Å². The Hall–Kier alpha value is -2.84. The van der Waals surface area contributed by atoms with Crippen LogP contribution in [-0.4, -0.2) is 41.3 Å². The zero-order chi connectivity index (χ0) is 26.9. The number of aromatic nitrogens is 2. The molecule has 5 rings (SSSR count). The van der Waals surface area contributed by atoms with Crippen molar-refractivity contribution in [3.63, 3.8) is 0 Å². The second-order valence-corrected chi connectivity index (χ2v) is 12.9.